The second-order valence-electron chi connectivity index (χ2n) is 6.65. The van der Waals surface area contributed by atoms with E-state index < -0.39 is 0 Å². The van der Waals surface area contributed by atoms with E-state index in [0.29, 0.717) is 0 Å². The Bertz CT molecular complexity index is 693. The number of rotatable bonds is 2. The molecule has 0 spiro atoms. The molecule has 0 saturated heterocycles. The largest absolute Gasteiger partial charge is 0.0541 e. The molecule has 0 aliphatic carbocycles. The fraction of sp³-hybridized carbons (Fsp3) is 0.364. The van der Waals surface area contributed by atoms with Gasteiger partial charge in [0.15, 0.2) is 0 Å². The van der Waals surface area contributed by atoms with Gasteiger partial charge in [-0.3, -0.25) is 0 Å². The average molecular weight is 292 g/mol. The van der Waals surface area contributed by atoms with Gasteiger partial charge in [-0.1, -0.05) is 24.3 Å². The Hall–Kier alpha value is -1.82. The van der Waals surface area contributed by atoms with Crippen LogP contribution >= 0.6 is 0 Å². The first-order valence-electron chi connectivity index (χ1n) is 8.07. The van der Waals surface area contributed by atoms with E-state index in [0.717, 1.165) is 0 Å². The van der Waals surface area contributed by atoms with Crippen molar-refractivity contribution < 1.29 is 0 Å². The topological polar surface area (TPSA) is 0 Å². The van der Waals surface area contributed by atoms with E-state index in [2.05, 4.69) is 79.7 Å². The van der Waals surface area contributed by atoms with Gasteiger partial charge < -0.3 is 0 Å². The quantitative estimate of drug-likeness (QED) is 0.568. The highest BCUT2D eigenvalue weighted by Crippen LogP contribution is 2.25. The lowest BCUT2D eigenvalue weighted by atomic mass is 9.92. The van der Waals surface area contributed by atoms with E-state index in [-0.39, 0.29) is 0 Å². The zero-order chi connectivity index (χ0) is 16.6. The molecule has 0 N–H and O–H groups in total. The molecule has 0 atom stereocenters. The molecular weight excluding hydrogens is 264 g/mol. The summed E-state index contributed by atoms with van der Waals surface area (Å²) in [6.07, 6.45) is 4.54. The average Bonchev–Trinajstić information content (AvgIpc) is 2.49. The number of aryl methyl sites for hydroxylation is 2. The SMILES string of the molecule is Cc1cc(/C=C/c2cc(C)c(C)c(C)c2C)c(C)c(C)c1C. The van der Waals surface area contributed by atoms with E-state index in [4.69, 9.17) is 0 Å². The molecule has 0 saturated carbocycles. The van der Waals surface area contributed by atoms with Gasteiger partial charge in [0.05, 0.1) is 0 Å². The molecule has 0 aliphatic rings. The van der Waals surface area contributed by atoms with Crippen LogP contribution in [0.1, 0.15) is 55.6 Å². The number of benzene rings is 2. The summed E-state index contributed by atoms with van der Waals surface area (Å²) in [5.74, 6) is 0. The second-order valence-corrected chi connectivity index (χ2v) is 6.65. The minimum atomic E-state index is 1.33. The first kappa shape index (κ1) is 16.5. The maximum absolute atomic E-state index is 2.30. The summed E-state index contributed by atoms with van der Waals surface area (Å²) in [6, 6.07) is 4.61. The molecule has 0 aromatic heterocycles. The Morgan fingerprint density at radius 1 is 0.455 bits per heavy atom. The summed E-state index contributed by atoms with van der Waals surface area (Å²) >= 11 is 0. The van der Waals surface area contributed by atoms with Crippen LogP contribution in [0, 0.1) is 55.4 Å². The van der Waals surface area contributed by atoms with E-state index in [9.17, 15) is 0 Å². The standard InChI is InChI=1S/C22H28/c1-13-11-21(19(7)17(5)15(13)3)9-10-22-12-14(2)16(4)18(6)20(22)8/h9-12H,1-8H3/b10-9+. The second kappa shape index (κ2) is 6.12. The van der Waals surface area contributed by atoms with Crippen LogP contribution in [0.3, 0.4) is 0 Å². The van der Waals surface area contributed by atoms with Crippen LogP contribution in [0.15, 0.2) is 12.1 Å². The summed E-state index contributed by atoms with van der Waals surface area (Å²) < 4.78 is 0. The van der Waals surface area contributed by atoms with Crippen LogP contribution in [-0.4, -0.2) is 0 Å². The monoisotopic (exact) mass is 292 g/mol. The van der Waals surface area contributed by atoms with Crippen molar-refractivity contribution in [3.63, 3.8) is 0 Å². The van der Waals surface area contributed by atoms with Crippen molar-refractivity contribution >= 4 is 12.2 Å². The van der Waals surface area contributed by atoms with Gasteiger partial charge in [-0.2, -0.15) is 0 Å². The molecule has 0 heterocycles. The molecule has 0 bridgehead atoms. The Balaban J connectivity index is 2.51. The van der Waals surface area contributed by atoms with Crippen molar-refractivity contribution in [2.45, 2.75) is 55.4 Å². The third-order valence-electron chi connectivity index (χ3n) is 5.49. The summed E-state index contributed by atoms with van der Waals surface area (Å²) in [6.45, 7) is 17.7. The van der Waals surface area contributed by atoms with E-state index in [1.165, 1.54) is 55.6 Å². The first-order chi connectivity index (χ1) is 10.2. The highest BCUT2D eigenvalue weighted by atomic mass is 14.1. The van der Waals surface area contributed by atoms with Gasteiger partial charge in [-0.05, 0) is 111 Å². The third-order valence-corrected chi connectivity index (χ3v) is 5.49. The predicted octanol–water partition coefficient (Wildman–Crippen LogP) is 6.32. The molecular formula is C22H28. The van der Waals surface area contributed by atoms with Crippen molar-refractivity contribution in [2.24, 2.45) is 0 Å². The Morgan fingerprint density at radius 2 is 0.773 bits per heavy atom. The smallest absolute Gasteiger partial charge is 0.0222 e. The summed E-state index contributed by atoms with van der Waals surface area (Å²) in [4.78, 5) is 0. The molecule has 0 nitrogen and oxygen atoms in total. The normalized spacial score (nSPS) is 11.5. The zero-order valence-corrected chi connectivity index (χ0v) is 15.3. The molecule has 2 aromatic rings. The van der Waals surface area contributed by atoms with Gasteiger partial charge in [-0.15, -0.1) is 0 Å². The summed E-state index contributed by atoms with van der Waals surface area (Å²) in [5, 5.41) is 0. The molecule has 22 heavy (non-hydrogen) atoms. The molecule has 0 heteroatoms. The van der Waals surface area contributed by atoms with Crippen molar-refractivity contribution in [3.05, 3.63) is 67.8 Å². The highest BCUT2D eigenvalue weighted by Gasteiger charge is 2.07. The van der Waals surface area contributed by atoms with E-state index in [1.54, 1.807) is 0 Å². The lowest BCUT2D eigenvalue weighted by Crippen LogP contribution is -1.95. The van der Waals surface area contributed by atoms with Gasteiger partial charge >= 0.3 is 0 Å². The highest BCUT2D eigenvalue weighted by molar-refractivity contribution is 5.74. The molecule has 0 radical (unpaired) electrons. The van der Waals surface area contributed by atoms with E-state index >= 15 is 0 Å². The van der Waals surface area contributed by atoms with Gasteiger partial charge in [0.2, 0.25) is 0 Å². The predicted molar refractivity (Wildman–Crippen MR) is 99.7 cm³/mol. The zero-order valence-electron chi connectivity index (χ0n) is 15.3. The number of hydrogen-bond donors (Lipinski definition) is 0. The summed E-state index contributed by atoms with van der Waals surface area (Å²) in [5.41, 5.74) is 13.8. The Kier molecular flexibility index (Phi) is 4.60. The van der Waals surface area contributed by atoms with Gasteiger partial charge in [0.1, 0.15) is 0 Å². The number of hydrogen-bond acceptors (Lipinski definition) is 0. The summed E-state index contributed by atoms with van der Waals surface area (Å²) in [7, 11) is 0. The molecule has 116 valence electrons. The fourth-order valence-corrected chi connectivity index (χ4v) is 3.01. The minimum absolute atomic E-state index is 1.33. The van der Waals surface area contributed by atoms with Gasteiger partial charge in [-0.25, -0.2) is 0 Å². The third kappa shape index (κ3) is 2.88. The van der Waals surface area contributed by atoms with Crippen molar-refractivity contribution in [1.82, 2.24) is 0 Å². The Morgan fingerprint density at radius 3 is 1.09 bits per heavy atom. The molecule has 0 aliphatic heterocycles. The van der Waals surface area contributed by atoms with Crippen molar-refractivity contribution in [3.8, 4) is 0 Å². The molecule has 0 unspecified atom stereocenters. The van der Waals surface area contributed by atoms with Crippen molar-refractivity contribution in [1.29, 1.82) is 0 Å². The Labute approximate surface area is 135 Å². The van der Waals surface area contributed by atoms with Crippen LogP contribution in [-0.2, 0) is 0 Å². The van der Waals surface area contributed by atoms with Crippen LogP contribution in [0.25, 0.3) is 12.2 Å². The minimum Gasteiger partial charge on any atom is -0.0541 e. The van der Waals surface area contributed by atoms with Gasteiger partial charge in [0, 0.05) is 0 Å². The van der Waals surface area contributed by atoms with Gasteiger partial charge in [0.25, 0.3) is 0 Å². The van der Waals surface area contributed by atoms with Crippen LogP contribution in [0.2, 0.25) is 0 Å². The maximum Gasteiger partial charge on any atom is -0.0222 e. The molecule has 2 rings (SSSR count). The lowest BCUT2D eigenvalue weighted by Gasteiger charge is -2.13. The first-order valence-corrected chi connectivity index (χ1v) is 8.07. The van der Waals surface area contributed by atoms with Crippen LogP contribution in [0.4, 0.5) is 0 Å². The molecule has 0 fully saturated rings. The molecule has 2 aromatic carbocycles. The lowest BCUT2D eigenvalue weighted by molar-refractivity contribution is 1.20. The molecule has 0 amide bonds. The van der Waals surface area contributed by atoms with E-state index in [1.807, 2.05) is 0 Å². The maximum atomic E-state index is 2.30. The van der Waals surface area contributed by atoms with Crippen LogP contribution in [0.5, 0.6) is 0 Å². The fourth-order valence-electron chi connectivity index (χ4n) is 3.01. The van der Waals surface area contributed by atoms with Crippen molar-refractivity contribution in [2.75, 3.05) is 0 Å². The van der Waals surface area contributed by atoms with Crippen LogP contribution < -0.4 is 0 Å².